The van der Waals surface area contributed by atoms with E-state index in [2.05, 4.69) is 4.72 Å². The van der Waals surface area contributed by atoms with Crippen LogP contribution in [-0.2, 0) is 17.1 Å². The van der Waals surface area contributed by atoms with Crippen molar-refractivity contribution in [3.63, 3.8) is 0 Å². The minimum Gasteiger partial charge on any atom is -0.494 e. The number of sulfonamides is 1. The van der Waals surface area contributed by atoms with Crippen LogP contribution in [0.4, 0.5) is 11.4 Å². The van der Waals surface area contributed by atoms with E-state index < -0.39 is 14.9 Å². The quantitative estimate of drug-likeness (QED) is 0.426. The van der Waals surface area contributed by atoms with Crippen LogP contribution in [0.5, 0.6) is 5.75 Å². The van der Waals surface area contributed by atoms with E-state index in [-0.39, 0.29) is 33.5 Å². The molecule has 0 unspecified atom stereocenters. The van der Waals surface area contributed by atoms with Crippen molar-refractivity contribution in [1.82, 2.24) is 9.36 Å². The molecule has 1 N–H and O–H groups in total. The summed E-state index contributed by atoms with van der Waals surface area (Å²) < 4.78 is 36.4. The van der Waals surface area contributed by atoms with Crippen molar-refractivity contribution in [1.29, 1.82) is 0 Å². The van der Waals surface area contributed by atoms with Crippen molar-refractivity contribution in [2.75, 3.05) is 11.8 Å². The maximum atomic E-state index is 12.9. The maximum Gasteiger partial charge on any atom is 0.275 e. The number of non-ortho nitro benzene ring substituents is 1. The average molecular weight is 461 g/mol. The Morgan fingerprint density at radius 1 is 1.12 bits per heavy atom. The molecule has 10 nitrogen and oxygen atoms in total. The summed E-state index contributed by atoms with van der Waals surface area (Å²) in [4.78, 5) is 23.2. The molecule has 0 aliphatic carbocycles. The summed E-state index contributed by atoms with van der Waals surface area (Å²) in [6, 6.07) is 9.46. The summed E-state index contributed by atoms with van der Waals surface area (Å²) in [5, 5.41) is 10.9. The Hall–Kier alpha value is -3.60. The van der Waals surface area contributed by atoms with Gasteiger partial charge in [-0.15, -0.1) is 0 Å². The third-order valence-corrected chi connectivity index (χ3v) is 6.59. The van der Waals surface area contributed by atoms with Crippen LogP contribution in [0.25, 0.3) is 5.69 Å². The van der Waals surface area contributed by atoms with Gasteiger partial charge in [-0.25, -0.2) is 13.1 Å². The minimum absolute atomic E-state index is 0.0199. The fourth-order valence-corrected chi connectivity index (χ4v) is 4.60. The molecular formula is C21H24N4O6S. The zero-order chi connectivity index (χ0) is 23.8. The van der Waals surface area contributed by atoms with E-state index in [0.29, 0.717) is 11.3 Å². The largest absolute Gasteiger partial charge is 0.494 e. The summed E-state index contributed by atoms with van der Waals surface area (Å²) in [6.07, 6.45) is 0. The van der Waals surface area contributed by atoms with Crippen molar-refractivity contribution < 1.29 is 18.1 Å². The van der Waals surface area contributed by atoms with E-state index in [0.717, 1.165) is 11.8 Å². The molecule has 3 rings (SSSR count). The third kappa shape index (κ3) is 4.11. The predicted molar refractivity (Wildman–Crippen MR) is 120 cm³/mol. The van der Waals surface area contributed by atoms with Crippen LogP contribution in [0.3, 0.4) is 0 Å². The van der Waals surface area contributed by atoms with E-state index in [9.17, 15) is 23.3 Å². The molecule has 0 aliphatic rings. The average Bonchev–Trinajstić information content (AvgIpc) is 2.96. The lowest BCUT2D eigenvalue weighted by Gasteiger charge is -2.13. The molecule has 0 atom stereocenters. The van der Waals surface area contributed by atoms with Gasteiger partial charge >= 0.3 is 0 Å². The van der Waals surface area contributed by atoms with Crippen LogP contribution in [0.1, 0.15) is 31.0 Å². The van der Waals surface area contributed by atoms with Crippen LogP contribution in [0, 0.1) is 17.0 Å². The van der Waals surface area contributed by atoms with Gasteiger partial charge in [0.15, 0.2) is 0 Å². The number of nitrogens with one attached hydrogen (secondary N) is 1. The Kier molecular flexibility index (Phi) is 6.13. The van der Waals surface area contributed by atoms with Gasteiger partial charge in [0, 0.05) is 24.4 Å². The number of rotatable bonds is 7. The molecule has 2 aromatic carbocycles. The number of nitrogens with zero attached hydrogens (tertiary/aromatic N) is 3. The number of hydrogen-bond donors (Lipinski definition) is 1. The maximum absolute atomic E-state index is 12.9. The zero-order valence-corrected chi connectivity index (χ0v) is 19.1. The van der Waals surface area contributed by atoms with Gasteiger partial charge in [-0.2, -0.15) is 0 Å². The van der Waals surface area contributed by atoms with Gasteiger partial charge in [-0.1, -0.05) is 13.8 Å². The van der Waals surface area contributed by atoms with E-state index >= 15 is 0 Å². The van der Waals surface area contributed by atoms with Crippen LogP contribution in [-0.4, -0.2) is 29.8 Å². The number of nitro groups is 1. The van der Waals surface area contributed by atoms with E-state index in [1.54, 1.807) is 23.9 Å². The molecule has 1 aromatic heterocycles. The molecule has 32 heavy (non-hydrogen) atoms. The molecule has 1 heterocycles. The first-order valence-corrected chi connectivity index (χ1v) is 11.2. The highest BCUT2D eigenvalue weighted by Gasteiger charge is 2.21. The first kappa shape index (κ1) is 23.1. The molecule has 11 heteroatoms. The number of anilines is 1. The minimum atomic E-state index is -4.01. The Balaban J connectivity index is 1.96. The molecule has 170 valence electrons. The number of hydrogen-bond acceptors (Lipinski definition) is 6. The molecule has 0 saturated heterocycles. The van der Waals surface area contributed by atoms with Crippen molar-refractivity contribution in [3.8, 4) is 11.4 Å². The topological polar surface area (TPSA) is 125 Å². The summed E-state index contributed by atoms with van der Waals surface area (Å²) >= 11 is 0. The molecule has 0 spiro atoms. The summed E-state index contributed by atoms with van der Waals surface area (Å²) in [6.45, 7) is 5.76. The fraction of sp³-hybridized carbons (Fsp3) is 0.286. The molecule has 0 amide bonds. The van der Waals surface area contributed by atoms with E-state index in [4.69, 9.17) is 4.74 Å². The number of methoxy groups -OCH3 is 1. The lowest BCUT2D eigenvalue weighted by Crippen LogP contribution is -2.21. The van der Waals surface area contributed by atoms with Crippen molar-refractivity contribution >= 4 is 21.4 Å². The standard InChI is InChI=1S/C21H24N4O6S/c1-13(2)20-14(3)23(4)24(21(20)26)15-6-9-17(10-7-15)32(29,30)22-18-11-8-16(25(27)28)12-19(18)31-5/h6-13,22H,1-5H3. The first-order chi connectivity index (χ1) is 15.0. The zero-order valence-electron chi connectivity index (χ0n) is 18.3. The molecular weight excluding hydrogens is 436 g/mol. The lowest BCUT2D eigenvalue weighted by atomic mass is 10.0. The van der Waals surface area contributed by atoms with Crippen LogP contribution < -0.4 is 15.0 Å². The number of aromatic nitrogens is 2. The highest BCUT2D eigenvalue weighted by atomic mass is 32.2. The first-order valence-electron chi connectivity index (χ1n) is 9.72. The molecule has 0 radical (unpaired) electrons. The Bertz CT molecular complexity index is 1340. The summed E-state index contributed by atoms with van der Waals surface area (Å²) in [7, 11) is -0.947. The van der Waals surface area contributed by atoms with Crippen LogP contribution in [0.2, 0.25) is 0 Å². The monoisotopic (exact) mass is 460 g/mol. The summed E-state index contributed by atoms with van der Waals surface area (Å²) in [5.74, 6) is 0.0712. The van der Waals surface area contributed by atoms with Gasteiger partial charge in [0.25, 0.3) is 21.3 Å². The number of nitro benzene ring substituents is 1. The number of benzene rings is 2. The molecule has 3 aromatic rings. The Labute approximate surface area is 185 Å². The van der Waals surface area contributed by atoms with Gasteiger partial charge < -0.3 is 4.74 Å². The van der Waals surface area contributed by atoms with Crippen LogP contribution >= 0.6 is 0 Å². The highest BCUT2D eigenvalue weighted by Crippen LogP contribution is 2.31. The second-order valence-electron chi connectivity index (χ2n) is 7.54. The highest BCUT2D eigenvalue weighted by molar-refractivity contribution is 7.92. The third-order valence-electron chi connectivity index (χ3n) is 5.21. The Morgan fingerprint density at radius 2 is 1.75 bits per heavy atom. The SMILES string of the molecule is COc1cc([N+](=O)[O-])ccc1NS(=O)(=O)c1ccc(-n2c(=O)c(C(C)C)c(C)n2C)cc1. The van der Waals surface area contributed by atoms with Gasteiger partial charge in [0.05, 0.1) is 34.4 Å². The van der Waals surface area contributed by atoms with Gasteiger partial charge in [0.2, 0.25) is 0 Å². The molecule has 0 fully saturated rings. The molecule has 0 aliphatic heterocycles. The second kappa shape index (κ2) is 8.50. The lowest BCUT2D eigenvalue weighted by molar-refractivity contribution is -0.384. The van der Waals surface area contributed by atoms with E-state index in [1.807, 2.05) is 20.8 Å². The van der Waals surface area contributed by atoms with Crippen molar-refractivity contribution in [2.45, 2.75) is 31.6 Å². The van der Waals surface area contributed by atoms with Gasteiger partial charge in [-0.05, 0) is 43.2 Å². The van der Waals surface area contributed by atoms with Crippen molar-refractivity contribution in [3.05, 3.63) is 74.2 Å². The fourth-order valence-electron chi connectivity index (χ4n) is 3.53. The van der Waals surface area contributed by atoms with Crippen molar-refractivity contribution in [2.24, 2.45) is 7.05 Å². The normalized spacial score (nSPS) is 11.6. The van der Waals surface area contributed by atoms with Gasteiger partial charge in [0.1, 0.15) is 5.75 Å². The Morgan fingerprint density at radius 3 is 2.25 bits per heavy atom. The summed E-state index contributed by atoms with van der Waals surface area (Å²) in [5.41, 5.74) is 1.77. The van der Waals surface area contributed by atoms with Gasteiger partial charge in [-0.3, -0.25) is 24.3 Å². The molecule has 0 bridgehead atoms. The molecule has 0 saturated carbocycles. The second-order valence-corrected chi connectivity index (χ2v) is 9.22. The number of ether oxygens (including phenoxy) is 1. The smallest absolute Gasteiger partial charge is 0.275 e. The predicted octanol–water partition coefficient (Wildman–Crippen LogP) is 3.33. The van der Waals surface area contributed by atoms with Crippen LogP contribution in [0.15, 0.2) is 52.2 Å². The van der Waals surface area contributed by atoms with E-state index in [1.165, 1.54) is 36.1 Å².